The molecule has 0 atom stereocenters. The Morgan fingerprint density at radius 2 is 2.08 bits per heavy atom. The molecule has 0 aliphatic carbocycles. The molecule has 0 spiro atoms. The number of hydrogen-bond acceptors (Lipinski definition) is 5. The fraction of sp³-hybridized carbons (Fsp3) is 0.312. The van der Waals surface area contributed by atoms with Crippen LogP contribution in [-0.2, 0) is 23.0 Å². The zero-order valence-electron chi connectivity index (χ0n) is 14.2. The molecule has 1 aromatic carbocycles. The van der Waals surface area contributed by atoms with Gasteiger partial charge in [-0.05, 0) is 44.1 Å². The van der Waals surface area contributed by atoms with Gasteiger partial charge in [-0.1, -0.05) is 6.07 Å². The van der Waals surface area contributed by atoms with Crippen molar-refractivity contribution < 1.29 is 22.0 Å². The number of furan rings is 1. The Bertz CT molecular complexity index is 943. The van der Waals surface area contributed by atoms with Crippen LogP contribution in [0.4, 0.5) is 10.1 Å². The Balaban J connectivity index is 0.00000243. The number of carbonyl (C=O) groups is 1. The van der Waals surface area contributed by atoms with Gasteiger partial charge in [0.25, 0.3) is 15.9 Å². The van der Waals surface area contributed by atoms with Gasteiger partial charge < -0.3 is 15.1 Å². The molecule has 0 radical (unpaired) electrons. The van der Waals surface area contributed by atoms with Crippen LogP contribution in [-0.4, -0.2) is 27.9 Å². The zero-order valence-corrected chi connectivity index (χ0v) is 15.8. The van der Waals surface area contributed by atoms with Gasteiger partial charge in [-0.25, -0.2) is 17.5 Å². The molecular formula is C16H19ClFN3O4S. The summed E-state index contributed by atoms with van der Waals surface area (Å²) >= 11 is 0. The molecule has 142 valence electrons. The summed E-state index contributed by atoms with van der Waals surface area (Å²) in [5.74, 6) is -0.961. The van der Waals surface area contributed by atoms with Gasteiger partial charge in [0.2, 0.25) is 5.09 Å². The van der Waals surface area contributed by atoms with Crippen molar-refractivity contribution in [2.75, 3.05) is 18.9 Å². The minimum absolute atomic E-state index is 0. The van der Waals surface area contributed by atoms with Gasteiger partial charge in [-0.3, -0.25) is 4.79 Å². The molecule has 3 rings (SSSR count). The lowest BCUT2D eigenvalue weighted by atomic mass is 9.99. The average Bonchev–Trinajstić information content (AvgIpc) is 3.00. The summed E-state index contributed by atoms with van der Waals surface area (Å²) in [5, 5.41) is 5.28. The van der Waals surface area contributed by atoms with Gasteiger partial charge in [0, 0.05) is 12.6 Å². The van der Waals surface area contributed by atoms with E-state index in [1.807, 2.05) is 0 Å². The molecule has 2 heterocycles. The first-order valence-electron chi connectivity index (χ1n) is 7.70. The summed E-state index contributed by atoms with van der Waals surface area (Å²) in [7, 11) is -2.56. The normalized spacial score (nSPS) is 13.7. The predicted octanol–water partition coefficient (Wildman–Crippen LogP) is 1.96. The van der Waals surface area contributed by atoms with E-state index in [1.54, 1.807) is 6.07 Å². The van der Waals surface area contributed by atoms with Crippen LogP contribution in [0.25, 0.3) is 0 Å². The highest BCUT2D eigenvalue weighted by atomic mass is 35.5. The second kappa shape index (κ2) is 7.75. The number of amides is 1. The third-order valence-corrected chi connectivity index (χ3v) is 5.40. The lowest BCUT2D eigenvalue weighted by Gasteiger charge is -2.19. The first-order chi connectivity index (χ1) is 11.8. The topological polar surface area (TPSA) is 100 Å². The largest absolute Gasteiger partial charge is 0.448 e. The number of halogens is 2. The standard InChI is InChI=1S/C16H18FN3O4S.ClH/c1-9-12(7-14(24-9)25(22,23)18-2)16(21)20-13-4-3-10-8-19-6-5-11(10)15(13)17;/h3-4,7,18-19H,5-6,8H2,1-2H3,(H,20,21);1H. The quantitative estimate of drug-likeness (QED) is 0.724. The Morgan fingerprint density at radius 3 is 2.77 bits per heavy atom. The molecule has 0 bridgehead atoms. The predicted molar refractivity (Wildman–Crippen MR) is 96.7 cm³/mol. The van der Waals surface area contributed by atoms with Crippen LogP contribution in [0.5, 0.6) is 0 Å². The highest BCUT2D eigenvalue weighted by Gasteiger charge is 2.24. The number of carbonyl (C=O) groups excluding carboxylic acids is 1. The molecule has 0 saturated heterocycles. The molecule has 1 amide bonds. The summed E-state index contributed by atoms with van der Waals surface area (Å²) in [6, 6.07) is 4.38. The van der Waals surface area contributed by atoms with Crippen LogP contribution in [0.15, 0.2) is 27.7 Å². The minimum atomic E-state index is -3.80. The van der Waals surface area contributed by atoms with Gasteiger partial charge >= 0.3 is 0 Å². The van der Waals surface area contributed by atoms with E-state index in [0.717, 1.165) is 11.6 Å². The van der Waals surface area contributed by atoms with Crippen LogP contribution in [0, 0.1) is 12.7 Å². The van der Waals surface area contributed by atoms with E-state index < -0.39 is 21.7 Å². The van der Waals surface area contributed by atoms with Crippen molar-refractivity contribution in [3.05, 3.63) is 46.5 Å². The number of anilines is 1. The van der Waals surface area contributed by atoms with Gasteiger partial charge in [-0.15, -0.1) is 12.4 Å². The fourth-order valence-electron chi connectivity index (χ4n) is 2.73. The second-order valence-electron chi connectivity index (χ2n) is 5.69. The van der Waals surface area contributed by atoms with Crippen LogP contribution in [0.2, 0.25) is 0 Å². The van der Waals surface area contributed by atoms with Crippen LogP contribution >= 0.6 is 12.4 Å². The van der Waals surface area contributed by atoms with Crippen LogP contribution in [0.1, 0.15) is 27.2 Å². The van der Waals surface area contributed by atoms with Gasteiger partial charge in [0.05, 0.1) is 11.3 Å². The molecule has 26 heavy (non-hydrogen) atoms. The van der Waals surface area contributed by atoms with E-state index in [1.165, 1.54) is 20.0 Å². The van der Waals surface area contributed by atoms with Crippen LogP contribution < -0.4 is 15.4 Å². The summed E-state index contributed by atoms with van der Waals surface area (Å²) in [6.07, 6.45) is 0.542. The number of rotatable bonds is 4. The smallest absolute Gasteiger partial charge is 0.273 e. The van der Waals surface area contributed by atoms with Gasteiger partial charge in [-0.2, -0.15) is 0 Å². The first-order valence-corrected chi connectivity index (χ1v) is 9.18. The van der Waals surface area contributed by atoms with Crippen molar-refractivity contribution in [3.63, 3.8) is 0 Å². The molecular weight excluding hydrogens is 385 g/mol. The third-order valence-electron chi connectivity index (χ3n) is 4.13. The zero-order chi connectivity index (χ0) is 18.2. The number of sulfonamides is 1. The van der Waals surface area contributed by atoms with Crippen LogP contribution in [0.3, 0.4) is 0 Å². The molecule has 1 aromatic heterocycles. The Morgan fingerprint density at radius 1 is 1.35 bits per heavy atom. The lowest BCUT2D eigenvalue weighted by Crippen LogP contribution is -2.25. The molecule has 0 unspecified atom stereocenters. The molecule has 3 N–H and O–H groups in total. The Kier molecular flexibility index (Phi) is 6.07. The van der Waals surface area contributed by atoms with Crippen molar-refractivity contribution in [3.8, 4) is 0 Å². The maximum absolute atomic E-state index is 14.6. The molecule has 10 heteroatoms. The van der Waals surface area contributed by atoms with Gasteiger partial charge in [0.15, 0.2) is 0 Å². The molecule has 0 saturated carbocycles. The van der Waals surface area contributed by atoms with E-state index in [-0.39, 0.29) is 34.5 Å². The SMILES string of the molecule is CNS(=O)(=O)c1cc(C(=O)Nc2ccc3c(c2F)CCNC3)c(C)o1.Cl. The van der Waals surface area contributed by atoms with Crippen molar-refractivity contribution >= 4 is 34.0 Å². The second-order valence-corrected chi connectivity index (χ2v) is 7.51. The van der Waals surface area contributed by atoms with Crippen molar-refractivity contribution in [2.24, 2.45) is 0 Å². The maximum atomic E-state index is 14.6. The molecule has 2 aromatic rings. The van der Waals surface area contributed by atoms with E-state index in [0.29, 0.717) is 25.1 Å². The molecule has 1 aliphatic rings. The fourth-order valence-corrected chi connectivity index (χ4v) is 3.44. The van der Waals surface area contributed by atoms with Crippen molar-refractivity contribution in [1.82, 2.24) is 10.0 Å². The summed E-state index contributed by atoms with van der Waals surface area (Å²) < 4.78 is 45.4. The van der Waals surface area contributed by atoms with E-state index in [2.05, 4.69) is 15.4 Å². The van der Waals surface area contributed by atoms with E-state index in [9.17, 15) is 17.6 Å². The number of hydrogen-bond donors (Lipinski definition) is 3. The van der Waals surface area contributed by atoms with E-state index in [4.69, 9.17) is 4.42 Å². The Labute approximate surface area is 156 Å². The summed E-state index contributed by atoms with van der Waals surface area (Å²) in [6.45, 7) is 2.73. The van der Waals surface area contributed by atoms with E-state index >= 15 is 0 Å². The molecule has 0 fully saturated rings. The third kappa shape index (κ3) is 3.75. The van der Waals surface area contributed by atoms with Gasteiger partial charge in [0.1, 0.15) is 11.6 Å². The molecule has 7 nitrogen and oxygen atoms in total. The highest BCUT2D eigenvalue weighted by Crippen LogP contribution is 2.26. The van der Waals surface area contributed by atoms with Crippen molar-refractivity contribution in [2.45, 2.75) is 25.0 Å². The lowest BCUT2D eigenvalue weighted by molar-refractivity contribution is 0.102. The number of nitrogens with one attached hydrogen (secondary N) is 3. The highest BCUT2D eigenvalue weighted by molar-refractivity contribution is 7.89. The summed E-state index contributed by atoms with van der Waals surface area (Å²) in [5.41, 5.74) is 1.54. The summed E-state index contributed by atoms with van der Waals surface area (Å²) in [4.78, 5) is 12.4. The maximum Gasteiger partial charge on any atom is 0.273 e. The number of aryl methyl sites for hydroxylation is 1. The minimum Gasteiger partial charge on any atom is -0.448 e. The monoisotopic (exact) mass is 403 g/mol. The first kappa shape index (κ1) is 20.4. The van der Waals surface area contributed by atoms with Crippen molar-refractivity contribution in [1.29, 1.82) is 0 Å². The number of fused-ring (bicyclic) bond motifs is 1. The molecule has 1 aliphatic heterocycles. The number of benzene rings is 1. The Hall–Kier alpha value is -1.94. The average molecular weight is 404 g/mol.